The van der Waals surface area contributed by atoms with Gasteiger partial charge in [-0.25, -0.2) is 4.98 Å². The van der Waals surface area contributed by atoms with Gasteiger partial charge in [-0.1, -0.05) is 23.4 Å². The standard InChI is InChI=1S/C23H21N3O4S/c1-27-18-10-16(11-19(28-2)20(18)29-3)22-25-21(26-30-22)15-6-4-5-14(9-15)17-12-31-23(24-17)13-7-8-13/h4-6,9-13H,7-8H2,1-3H3. The molecule has 2 aromatic carbocycles. The molecule has 0 aliphatic heterocycles. The first kappa shape index (κ1) is 19.6. The van der Waals surface area contributed by atoms with E-state index in [1.54, 1.807) is 44.8 Å². The lowest BCUT2D eigenvalue weighted by molar-refractivity contribution is 0.324. The summed E-state index contributed by atoms with van der Waals surface area (Å²) in [6.45, 7) is 0. The fraction of sp³-hybridized carbons (Fsp3) is 0.261. The van der Waals surface area contributed by atoms with Crippen LogP contribution in [-0.2, 0) is 0 Å². The first-order valence-electron chi connectivity index (χ1n) is 9.90. The highest BCUT2D eigenvalue weighted by Crippen LogP contribution is 2.43. The second-order valence-corrected chi connectivity index (χ2v) is 8.15. The Bertz CT molecular complexity index is 1200. The summed E-state index contributed by atoms with van der Waals surface area (Å²) in [7, 11) is 4.70. The number of nitrogens with zero attached hydrogens (tertiary/aromatic N) is 3. The van der Waals surface area contributed by atoms with Gasteiger partial charge < -0.3 is 18.7 Å². The van der Waals surface area contributed by atoms with Crippen molar-refractivity contribution < 1.29 is 18.7 Å². The minimum absolute atomic E-state index is 0.365. The minimum atomic E-state index is 0.365. The zero-order valence-electron chi connectivity index (χ0n) is 17.4. The molecule has 4 aromatic rings. The Labute approximate surface area is 183 Å². The number of hydrogen-bond donors (Lipinski definition) is 0. The molecular weight excluding hydrogens is 414 g/mol. The Hall–Kier alpha value is -3.39. The Balaban J connectivity index is 1.47. The summed E-state index contributed by atoms with van der Waals surface area (Å²) in [5, 5.41) is 7.52. The largest absolute Gasteiger partial charge is 0.493 e. The molecular formula is C23H21N3O4S. The maximum absolute atomic E-state index is 5.54. The first-order chi connectivity index (χ1) is 15.2. The zero-order valence-corrected chi connectivity index (χ0v) is 18.2. The molecule has 31 heavy (non-hydrogen) atoms. The second kappa shape index (κ2) is 8.03. The van der Waals surface area contributed by atoms with Crippen LogP contribution < -0.4 is 14.2 Å². The molecule has 5 rings (SSSR count). The van der Waals surface area contributed by atoms with Crippen LogP contribution in [0.3, 0.4) is 0 Å². The second-order valence-electron chi connectivity index (χ2n) is 7.26. The quantitative estimate of drug-likeness (QED) is 0.383. The molecule has 0 amide bonds. The first-order valence-corrected chi connectivity index (χ1v) is 10.8. The van der Waals surface area contributed by atoms with Crippen molar-refractivity contribution in [2.75, 3.05) is 21.3 Å². The van der Waals surface area contributed by atoms with Crippen molar-refractivity contribution in [1.82, 2.24) is 15.1 Å². The van der Waals surface area contributed by atoms with Crippen LogP contribution in [0, 0.1) is 0 Å². The van der Waals surface area contributed by atoms with Crippen LogP contribution in [0.25, 0.3) is 34.1 Å². The molecule has 2 aromatic heterocycles. The van der Waals surface area contributed by atoms with Crippen molar-refractivity contribution in [2.24, 2.45) is 0 Å². The molecule has 1 fully saturated rings. The fourth-order valence-electron chi connectivity index (χ4n) is 3.42. The smallest absolute Gasteiger partial charge is 0.258 e. The summed E-state index contributed by atoms with van der Waals surface area (Å²) in [5.41, 5.74) is 3.57. The van der Waals surface area contributed by atoms with E-state index in [1.807, 2.05) is 18.2 Å². The summed E-state index contributed by atoms with van der Waals surface area (Å²) in [4.78, 5) is 9.39. The third-order valence-corrected chi connectivity index (χ3v) is 6.21. The van der Waals surface area contributed by atoms with E-state index in [0.29, 0.717) is 40.4 Å². The maximum Gasteiger partial charge on any atom is 0.258 e. The number of thiazole rings is 1. The van der Waals surface area contributed by atoms with E-state index in [1.165, 1.54) is 17.8 Å². The van der Waals surface area contributed by atoms with Crippen molar-refractivity contribution >= 4 is 11.3 Å². The minimum Gasteiger partial charge on any atom is -0.493 e. The van der Waals surface area contributed by atoms with Gasteiger partial charge in [0.15, 0.2) is 11.5 Å². The van der Waals surface area contributed by atoms with Gasteiger partial charge in [0.05, 0.1) is 32.0 Å². The van der Waals surface area contributed by atoms with Gasteiger partial charge >= 0.3 is 0 Å². The van der Waals surface area contributed by atoms with Gasteiger partial charge in [0.1, 0.15) is 0 Å². The summed E-state index contributed by atoms with van der Waals surface area (Å²) in [5.74, 6) is 3.07. The molecule has 7 nitrogen and oxygen atoms in total. The predicted molar refractivity (Wildman–Crippen MR) is 118 cm³/mol. The van der Waals surface area contributed by atoms with Gasteiger partial charge in [-0.05, 0) is 31.0 Å². The highest BCUT2D eigenvalue weighted by atomic mass is 32.1. The topological polar surface area (TPSA) is 79.5 Å². The number of hydrogen-bond acceptors (Lipinski definition) is 8. The van der Waals surface area contributed by atoms with Gasteiger partial charge in [-0.3, -0.25) is 0 Å². The lowest BCUT2D eigenvalue weighted by atomic mass is 10.1. The van der Waals surface area contributed by atoms with Crippen LogP contribution in [-0.4, -0.2) is 36.5 Å². The molecule has 1 aliphatic carbocycles. The molecule has 2 heterocycles. The molecule has 0 bridgehead atoms. The Morgan fingerprint density at radius 3 is 2.32 bits per heavy atom. The van der Waals surface area contributed by atoms with E-state index in [-0.39, 0.29) is 0 Å². The van der Waals surface area contributed by atoms with Crippen molar-refractivity contribution in [2.45, 2.75) is 18.8 Å². The summed E-state index contributed by atoms with van der Waals surface area (Å²) < 4.78 is 21.8. The van der Waals surface area contributed by atoms with Crippen LogP contribution in [0.15, 0.2) is 46.3 Å². The van der Waals surface area contributed by atoms with Crippen molar-refractivity contribution in [1.29, 1.82) is 0 Å². The average molecular weight is 436 g/mol. The molecule has 0 spiro atoms. The van der Waals surface area contributed by atoms with Gasteiger partial charge in [-0.15, -0.1) is 11.3 Å². The number of aromatic nitrogens is 3. The van der Waals surface area contributed by atoms with Gasteiger partial charge in [0.25, 0.3) is 5.89 Å². The molecule has 1 saturated carbocycles. The molecule has 158 valence electrons. The normalized spacial score (nSPS) is 13.3. The zero-order chi connectivity index (χ0) is 21.4. The van der Waals surface area contributed by atoms with Crippen molar-refractivity contribution in [3.8, 4) is 51.3 Å². The number of methoxy groups -OCH3 is 3. The lowest BCUT2D eigenvalue weighted by Crippen LogP contribution is -1.95. The van der Waals surface area contributed by atoms with Crippen LogP contribution >= 0.6 is 11.3 Å². The Morgan fingerprint density at radius 2 is 1.65 bits per heavy atom. The average Bonchev–Trinajstić information content (AvgIpc) is 3.34. The summed E-state index contributed by atoms with van der Waals surface area (Å²) >= 11 is 1.73. The molecule has 8 heteroatoms. The fourth-order valence-corrected chi connectivity index (χ4v) is 4.42. The van der Waals surface area contributed by atoms with E-state index in [4.69, 9.17) is 23.7 Å². The van der Waals surface area contributed by atoms with Gasteiger partial charge in [-0.2, -0.15) is 4.98 Å². The van der Waals surface area contributed by atoms with E-state index < -0.39 is 0 Å². The van der Waals surface area contributed by atoms with Gasteiger partial charge in [0.2, 0.25) is 11.6 Å². The summed E-state index contributed by atoms with van der Waals surface area (Å²) in [6.07, 6.45) is 2.50. The van der Waals surface area contributed by atoms with Crippen LogP contribution in [0.4, 0.5) is 0 Å². The molecule has 0 atom stereocenters. The monoisotopic (exact) mass is 435 g/mol. The molecule has 0 unspecified atom stereocenters. The van der Waals surface area contributed by atoms with Gasteiger partial charge in [0, 0.05) is 28.0 Å². The maximum atomic E-state index is 5.54. The predicted octanol–water partition coefficient (Wildman–Crippen LogP) is 5.43. The van der Waals surface area contributed by atoms with Crippen LogP contribution in [0.1, 0.15) is 23.8 Å². The Kier molecular flexibility index (Phi) is 5.07. The molecule has 0 saturated heterocycles. The van der Waals surface area contributed by atoms with E-state index in [2.05, 4.69) is 21.6 Å². The van der Waals surface area contributed by atoms with Crippen molar-refractivity contribution in [3.05, 3.63) is 46.8 Å². The SMILES string of the molecule is COc1cc(-c2nc(-c3cccc(-c4csc(C5CC5)n4)c3)no2)cc(OC)c1OC. The van der Waals surface area contributed by atoms with E-state index in [0.717, 1.165) is 16.8 Å². The number of benzene rings is 2. The van der Waals surface area contributed by atoms with E-state index >= 15 is 0 Å². The van der Waals surface area contributed by atoms with Crippen LogP contribution in [0.2, 0.25) is 0 Å². The lowest BCUT2D eigenvalue weighted by Gasteiger charge is -2.12. The van der Waals surface area contributed by atoms with E-state index in [9.17, 15) is 0 Å². The number of rotatable bonds is 7. The third kappa shape index (κ3) is 3.74. The van der Waals surface area contributed by atoms with Crippen LogP contribution in [0.5, 0.6) is 17.2 Å². The molecule has 1 aliphatic rings. The summed E-state index contributed by atoms with van der Waals surface area (Å²) in [6, 6.07) is 11.6. The third-order valence-electron chi connectivity index (χ3n) is 5.20. The number of ether oxygens (including phenoxy) is 3. The Morgan fingerprint density at radius 1 is 0.903 bits per heavy atom. The molecule has 0 N–H and O–H groups in total. The highest BCUT2D eigenvalue weighted by molar-refractivity contribution is 7.10. The van der Waals surface area contributed by atoms with Crippen molar-refractivity contribution in [3.63, 3.8) is 0 Å². The highest BCUT2D eigenvalue weighted by Gasteiger charge is 2.26. The molecule has 0 radical (unpaired) electrons.